The van der Waals surface area contributed by atoms with Crippen LogP contribution in [0, 0.1) is 5.92 Å². The average Bonchev–Trinajstić information content (AvgIpc) is 2.60. The Bertz CT molecular complexity index is 701. The van der Waals surface area contributed by atoms with Crippen molar-refractivity contribution in [3.8, 4) is 0 Å². The first kappa shape index (κ1) is 20.4. The van der Waals surface area contributed by atoms with E-state index in [1.54, 1.807) is 17.0 Å². The Morgan fingerprint density at radius 1 is 1.26 bits per heavy atom. The lowest BCUT2D eigenvalue weighted by atomic mass is 9.95. The van der Waals surface area contributed by atoms with Crippen LogP contribution < -0.4 is 5.32 Å². The zero-order chi connectivity index (χ0) is 19.7. The van der Waals surface area contributed by atoms with Crippen molar-refractivity contribution in [2.75, 3.05) is 13.1 Å². The van der Waals surface area contributed by atoms with Gasteiger partial charge in [-0.05, 0) is 30.0 Å². The van der Waals surface area contributed by atoms with Crippen LogP contribution in [-0.2, 0) is 16.1 Å². The number of nitrogens with one attached hydrogen (secondary N) is 1. The third kappa shape index (κ3) is 4.39. The summed E-state index contributed by atoms with van der Waals surface area (Å²) in [6, 6.07) is 6.55. The number of alkyl halides is 2. The van der Waals surface area contributed by atoms with Crippen LogP contribution in [0.1, 0.15) is 25.8 Å². The van der Waals surface area contributed by atoms with Crippen molar-refractivity contribution in [3.05, 3.63) is 34.9 Å². The summed E-state index contributed by atoms with van der Waals surface area (Å²) in [7, 11) is 0. The molecule has 0 bridgehead atoms. The molecular weight excluding hydrogens is 392 g/mol. The summed E-state index contributed by atoms with van der Waals surface area (Å²) >= 11 is 11.9. The zero-order valence-corrected chi connectivity index (χ0v) is 16.9. The summed E-state index contributed by atoms with van der Waals surface area (Å²) in [6.07, 6.45) is -1.94. The first-order valence-electron chi connectivity index (χ1n) is 9.14. The molecule has 0 aromatic heterocycles. The van der Waals surface area contributed by atoms with Crippen molar-refractivity contribution in [2.24, 2.45) is 5.92 Å². The van der Waals surface area contributed by atoms with Gasteiger partial charge in [-0.15, -0.1) is 11.6 Å². The number of hydrogen-bond acceptors (Lipinski definition) is 3. The van der Waals surface area contributed by atoms with Crippen LogP contribution in [0.5, 0.6) is 0 Å². The highest BCUT2D eigenvalue weighted by Crippen LogP contribution is 2.27. The van der Waals surface area contributed by atoms with Crippen LogP contribution in [0.4, 0.5) is 4.39 Å². The highest BCUT2D eigenvalue weighted by molar-refractivity contribution is 6.30. The summed E-state index contributed by atoms with van der Waals surface area (Å²) in [4.78, 5) is 29.0. The van der Waals surface area contributed by atoms with E-state index >= 15 is 0 Å². The fourth-order valence-electron chi connectivity index (χ4n) is 3.76. The molecule has 2 heterocycles. The van der Waals surface area contributed by atoms with Gasteiger partial charge in [-0.2, -0.15) is 0 Å². The molecule has 1 N–H and O–H groups in total. The minimum Gasteiger partial charge on any atom is -0.325 e. The van der Waals surface area contributed by atoms with E-state index in [1.807, 2.05) is 26.0 Å². The minimum absolute atomic E-state index is 0.0982. The molecule has 2 fully saturated rings. The number of carbonyl (C=O) groups excluding carboxylic acids is 2. The Morgan fingerprint density at radius 2 is 1.93 bits per heavy atom. The molecule has 1 aromatic carbocycles. The molecule has 4 atom stereocenters. The number of carbonyl (C=O) groups is 2. The molecule has 0 saturated carbocycles. The summed E-state index contributed by atoms with van der Waals surface area (Å²) in [5.41, 5.74) is 0.892. The minimum atomic E-state index is -1.30. The molecule has 2 aliphatic rings. The number of hydrogen-bond donors (Lipinski definition) is 1. The van der Waals surface area contributed by atoms with Gasteiger partial charge in [-0.3, -0.25) is 14.9 Å². The maximum Gasteiger partial charge on any atom is 0.247 e. The topological polar surface area (TPSA) is 52.7 Å². The van der Waals surface area contributed by atoms with Crippen LogP contribution in [0.15, 0.2) is 24.3 Å². The van der Waals surface area contributed by atoms with Crippen LogP contribution in [0.3, 0.4) is 0 Å². The Kier molecular flexibility index (Phi) is 6.28. The Balaban J connectivity index is 1.81. The molecule has 0 radical (unpaired) electrons. The van der Waals surface area contributed by atoms with Gasteiger partial charge in [0, 0.05) is 23.5 Å². The highest BCUT2D eigenvalue weighted by Gasteiger charge is 2.46. The standard InChI is InChI=1S/C19H24Cl2FN3O2/c1-11(2)17-19(27)25(18-15(22)7-14(21)8-23-18)10-16(26)24(17)9-12-3-5-13(20)6-4-12/h3-6,11,14-15,17-18,23H,7-10H2,1-2H3/t14?,15?,17-,18?/m1/s1. The monoisotopic (exact) mass is 415 g/mol. The number of benzene rings is 1. The van der Waals surface area contributed by atoms with Gasteiger partial charge in [0.05, 0.1) is 0 Å². The average molecular weight is 416 g/mol. The number of piperazine rings is 1. The van der Waals surface area contributed by atoms with E-state index in [9.17, 15) is 14.0 Å². The maximum atomic E-state index is 14.5. The van der Waals surface area contributed by atoms with E-state index in [2.05, 4.69) is 5.32 Å². The van der Waals surface area contributed by atoms with Crippen molar-refractivity contribution >= 4 is 35.0 Å². The Labute approximate surface area is 168 Å². The van der Waals surface area contributed by atoms with Gasteiger partial charge < -0.3 is 9.80 Å². The summed E-state index contributed by atoms with van der Waals surface area (Å²) in [5.74, 6) is -0.518. The molecular formula is C19H24Cl2FN3O2. The summed E-state index contributed by atoms with van der Waals surface area (Å²) < 4.78 is 14.5. The second-order valence-electron chi connectivity index (χ2n) is 7.51. The van der Waals surface area contributed by atoms with Crippen LogP contribution in [-0.4, -0.2) is 58.5 Å². The van der Waals surface area contributed by atoms with Gasteiger partial charge in [-0.25, -0.2) is 4.39 Å². The lowest BCUT2D eigenvalue weighted by molar-refractivity contribution is -0.163. The van der Waals surface area contributed by atoms with Gasteiger partial charge >= 0.3 is 0 Å². The molecule has 8 heteroatoms. The molecule has 0 spiro atoms. The number of halogens is 3. The van der Waals surface area contributed by atoms with Crippen molar-refractivity contribution in [1.29, 1.82) is 0 Å². The van der Waals surface area contributed by atoms with E-state index < -0.39 is 18.4 Å². The summed E-state index contributed by atoms with van der Waals surface area (Å²) in [5, 5.41) is 3.28. The SMILES string of the molecule is CC(C)[C@@H]1C(=O)N(C2NCC(Cl)CC2F)CC(=O)N1Cc1ccc(Cl)cc1. The smallest absolute Gasteiger partial charge is 0.247 e. The predicted molar refractivity (Wildman–Crippen MR) is 103 cm³/mol. The van der Waals surface area contributed by atoms with Crippen molar-refractivity contribution in [3.63, 3.8) is 0 Å². The van der Waals surface area contributed by atoms with E-state index in [1.165, 1.54) is 4.90 Å². The van der Waals surface area contributed by atoms with Gasteiger partial charge in [-0.1, -0.05) is 37.6 Å². The van der Waals surface area contributed by atoms with Crippen molar-refractivity contribution < 1.29 is 14.0 Å². The number of rotatable bonds is 4. The molecule has 5 nitrogen and oxygen atoms in total. The lowest BCUT2D eigenvalue weighted by Crippen LogP contribution is -2.68. The molecule has 0 aliphatic carbocycles. The highest BCUT2D eigenvalue weighted by atomic mass is 35.5. The molecule has 3 unspecified atom stereocenters. The van der Waals surface area contributed by atoms with Crippen LogP contribution in [0.2, 0.25) is 5.02 Å². The number of amides is 2. The van der Waals surface area contributed by atoms with Gasteiger partial charge in [0.25, 0.3) is 0 Å². The van der Waals surface area contributed by atoms with Crippen LogP contribution >= 0.6 is 23.2 Å². The van der Waals surface area contributed by atoms with Crippen molar-refractivity contribution in [1.82, 2.24) is 15.1 Å². The van der Waals surface area contributed by atoms with Gasteiger partial charge in [0.2, 0.25) is 11.8 Å². The van der Waals surface area contributed by atoms with E-state index in [-0.39, 0.29) is 36.1 Å². The Morgan fingerprint density at radius 3 is 2.52 bits per heavy atom. The number of nitrogens with zero attached hydrogens (tertiary/aromatic N) is 2. The fourth-order valence-corrected chi connectivity index (χ4v) is 4.15. The second-order valence-corrected chi connectivity index (χ2v) is 8.56. The molecule has 2 amide bonds. The first-order chi connectivity index (χ1) is 12.8. The molecule has 148 valence electrons. The summed E-state index contributed by atoms with van der Waals surface area (Å²) in [6.45, 7) is 4.37. The van der Waals surface area contributed by atoms with Gasteiger partial charge in [0.1, 0.15) is 24.9 Å². The van der Waals surface area contributed by atoms with E-state index in [0.717, 1.165) is 5.56 Å². The normalized spacial score (nSPS) is 29.6. The first-order valence-corrected chi connectivity index (χ1v) is 9.95. The van der Waals surface area contributed by atoms with Gasteiger partial charge in [0.15, 0.2) is 0 Å². The molecule has 27 heavy (non-hydrogen) atoms. The molecule has 3 rings (SSSR count). The predicted octanol–water partition coefficient (Wildman–Crippen LogP) is 2.80. The molecule has 1 aromatic rings. The zero-order valence-electron chi connectivity index (χ0n) is 15.4. The van der Waals surface area contributed by atoms with Crippen LogP contribution in [0.25, 0.3) is 0 Å². The second kappa shape index (κ2) is 8.33. The lowest BCUT2D eigenvalue weighted by Gasteiger charge is -2.47. The fraction of sp³-hybridized carbons (Fsp3) is 0.579. The molecule has 2 aliphatic heterocycles. The third-order valence-corrected chi connectivity index (χ3v) is 5.69. The van der Waals surface area contributed by atoms with E-state index in [4.69, 9.17) is 23.2 Å². The van der Waals surface area contributed by atoms with E-state index in [0.29, 0.717) is 18.1 Å². The largest absolute Gasteiger partial charge is 0.325 e. The molecule has 2 saturated heterocycles. The quantitative estimate of drug-likeness (QED) is 0.769. The maximum absolute atomic E-state index is 14.5. The Hall–Kier alpha value is -1.37. The van der Waals surface area contributed by atoms with Crippen molar-refractivity contribution in [2.45, 2.75) is 50.6 Å². The number of piperidine rings is 1. The third-order valence-electron chi connectivity index (χ3n) is 5.10.